The molecule has 2 rings (SSSR count). The van der Waals surface area contributed by atoms with Crippen LogP contribution in [0.2, 0.25) is 0 Å². The van der Waals surface area contributed by atoms with E-state index in [-0.39, 0.29) is 5.92 Å². The molecule has 2 saturated carbocycles. The van der Waals surface area contributed by atoms with Gasteiger partial charge in [-0.05, 0) is 31.6 Å². The van der Waals surface area contributed by atoms with Crippen molar-refractivity contribution >= 4 is 11.9 Å². The van der Waals surface area contributed by atoms with Crippen molar-refractivity contribution in [3.05, 3.63) is 0 Å². The second kappa shape index (κ2) is 2.97. The summed E-state index contributed by atoms with van der Waals surface area (Å²) in [5.74, 6) is -2.16. The summed E-state index contributed by atoms with van der Waals surface area (Å²) in [6, 6.07) is 0. The lowest BCUT2D eigenvalue weighted by atomic mass is 9.78. The Morgan fingerprint density at radius 3 is 2.43 bits per heavy atom. The molecule has 0 amide bonds. The van der Waals surface area contributed by atoms with Crippen LogP contribution in [0.3, 0.4) is 0 Å². The summed E-state index contributed by atoms with van der Waals surface area (Å²) in [6.45, 7) is 0. The zero-order chi connectivity index (χ0) is 10.3. The molecule has 2 aliphatic carbocycles. The first kappa shape index (κ1) is 9.49. The van der Waals surface area contributed by atoms with Crippen molar-refractivity contribution in [2.45, 2.75) is 32.1 Å². The number of aliphatic carboxylic acids is 2. The number of carboxylic acid groups (broad SMARTS) is 2. The van der Waals surface area contributed by atoms with Crippen LogP contribution in [0, 0.1) is 17.3 Å². The summed E-state index contributed by atoms with van der Waals surface area (Å²) in [5.41, 5.74) is -0.705. The molecule has 0 saturated heterocycles. The monoisotopic (exact) mass is 198 g/mol. The van der Waals surface area contributed by atoms with E-state index in [0.29, 0.717) is 19.3 Å². The molecule has 0 aliphatic heterocycles. The van der Waals surface area contributed by atoms with Gasteiger partial charge in [0.05, 0.1) is 11.3 Å². The van der Waals surface area contributed by atoms with E-state index >= 15 is 0 Å². The molecule has 14 heavy (non-hydrogen) atoms. The van der Waals surface area contributed by atoms with E-state index in [1.807, 2.05) is 0 Å². The smallest absolute Gasteiger partial charge is 0.309 e. The summed E-state index contributed by atoms with van der Waals surface area (Å²) in [4.78, 5) is 22.1. The van der Waals surface area contributed by atoms with Crippen molar-refractivity contribution in [3.8, 4) is 0 Å². The van der Waals surface area contributed by atoms with E-state index in [4.69, 9.17) is 5.11 Å². The summed E-state index contributed by atoms with van der Waals surface area (Å²) in [7, 11) is 0. The number of rotatable bonds is 2. The Morgan fingerprint density at radius 1 is 1.14 bits per heavy atom. The van der Waals surface area contributed by atoms with Crippen LogP contribution in [0.15, 0.2) is 0 Å². The average Bonchev–Trinajstić information content (AvgIpc) is 2.58. The van der Waals surface area contributed by atoms with Gasteiger partial charge in [-0.25, -0.2) is 0 Å². The number of hydrogen-bond donors (Lipinski definition) is 2. The topological polar surface area (TPSA) is 74.6 Å². The van der Waals surface area contributed by atoms with Gasteiger partial charge in [0.25, 0.3) is 0 Å². The second-order valence-corrected chi connectivity index (χ2v) is 4.44. The predicted octanol–water partition coefficient (Wildman–Crippen LogP) is 1.35. The van der Waals surface area contributed by atoms with E-state index in [0.717, 1.165) is 12.8 Å². The molecule has 0 bridgehead atoms. The first-order valence-corrected chi connectivity index (χ1v) is 5.04. The molecule has 0 aromatic carbocycles. The largest absolute Gasteiger partial charge is 0.481 e. The van der Waals surface area contributed by atoms with Crippen LogP contribution >= 0.6 is 0 Å². The maximum absolute atomic E-state index is 11.2. The third-order valence-corrected chi connectivity index (χ3v) is 3.98. The molecule has 4 heteroatoms. The third kappa shape index (κ3) is 1.06. The highest BCUT2D eigenvalue weighted by atomic mass is 16.4. The van der Waals surface area contributed by atoms with Crippen LogP contribution in [0.25, 0.3) is 0 Å². The molecular formula is C10H14O4. The Kier molecular flexibility index (Phi) is 2.01. The van der Waals surface area contributed by atoms with Gasteiger partial charge in [-0.1, -0.05) is 6.42 Å². The fraction of sp³-hybridized carbons (Fsp3) is 0.800. The SMILES string of the molecule is O=C(O)C1CCC2(C(=O)O)CCCC12. The standard InChI is InChI=1S/C10H14O4/c11-8(12)6-3-5-10(9(13)14)4-1-2-7(6)10/h6-7H,1-5H2,(H,11,12)(H,13,14). The number of hydrogen-bond acceptors (Lipinski definition) is 2. The molecule has 0 radical (unpaired) electrons. The number of carboxylic acids is 2. The van der Waals surface area contributed by atoms with Gasteiger partial charge in [0.2, 0.25) is 0 Å². The highest BCUT2D eigenvalue weighted by Gasteiger charge is 2.57. The lowest BCUT2D eigenvalue weighted by Crippen LogP contribution is -2.33. The first-order valence-electron chi connectivity index (χ1n) is 5.04. The molecule has 4 nitrogen and oxygen atoms in total. The molecule has 2 aliphatic rings. The Hall–Kier alpha value is -1.06. The molecule has 2 N–H and O–H groups in total. The maximum Gasteiger partial charge on any atom is 0.309 e. The van der Waals surface area contributed by atoms with Crippen LogP contribution < -0.4 is 0 Å². The molecular weight excluding hydrogens is 184 g/mol. The normalized spacial score (nSPS) is 40.9. The van der Waals surface area contributed by atoms with E-state index in [1.165, 1.54) is 0 Å². The van der Waals surface area contributed by atoms with E-state index in [2.05, 4.69) is 0 Å². The van der Waals surface area contributed by atoms with Gasteiger partial charge in [0, 0.05) is 0 Å². The summed E-state index contributed by atoms with van der Waals surface area (Å²) in [5, 5.41) is 18.1. The second-order valence-electron chi connectivity index (χ2n) is 4.44. The number of carbonyl (C=O) groups is 2. The maximum atomic E-state index is 11.2. The minimum Gasteiger partial charge on any atom is -0.481 e. The Bertz CT molecular complexity index is 286. The average molecular weight is 198 g/mol. The predicted molar refractivity (Wildman–Crippen MR) is 47.8 cm³/mol. The highest BCUT2D eigenvalue weighted by molar-refractivity contribution is 5.79. The van der Waals surface area contributed by atoms with E-state index < -0.39 is 23.3 Å². The highest BCUT2D eigenvalue weighted by Crippen LogP contribution is 2.57. The van der Waals surface area contributed by atoms with Crippen LogP contribution in [0.5, 0.6) is 0 Å². The molecule has 0 heterocycles. The zero-order valence-electron chi connectivity index (χ0n) is 7.90. The van der Waals surface area contributed by atoms with Crippen LogP contribution in [0.4, 0.5) is 0 Å². The van der Waals surface area contributed by atoms with Crippen molar-refractivity contribution in [1.29, 1.82) is 0 Å². The van der Waals surface area contributed by atoms with Crippen LogP contribution in [-0.2, 0) is 9.59 Å². The van der Waals surface area contributed by atoms with Gasteiger partial charge in [-0.2, -0.15) is 0 Å². The quantitative estimate of drug-likeness (QED) is 0.702. The van der Waals surface area contributed by atoms with Crippen molar-refractivity contribution in [1.82, 2.24) is 0 Å². The molecule has 2 fully saturated rings. The minimum atomic E-state index is -0.819. The van der Waals surface area contributed by atoms with Crippen LogP contribution in [-0.4, -0.2) is 22.2 Å². The zero-order valence-corrected chi connectivity index (χ0v) is 7.90. The Morgan fingerprint density at radius 2 is 1.86 bits per heavy atom. The van der Waals surface area contributed by atoms with Gasteiger partial charge < -0.3 is 10.2 Å². The minimum absolute atomic E-state index is 0.127. The van der Waals surface area contributed by atoms with Gasteiger partial charge in [-0.3, -0.25) is 9.59 Å². The summed E-state index contributed by atoms with van der Waals surface area (Å²) < 4.78 is 0. The Labute approximate surface area is 81.9 Å². The fourth-order valence-corrected chi connectivity index (χ4v) is 3.28. The molecule has 78 valence electrons. The summed E-state index contributed by atoms with van der Waals surface area (Å²) >= 11 is 0. The van der Waals surface area contributed by atoms with Gasteiger partial charge >= 0.3 is 11.9 Å². The van der Waals surface area contributed by atoms with Crippen molar-refractivity contribution in [3.63, 3.8) is 0 Å². The number of fused-ring (bicyclic) bond motifs is 1. The fourth-order valence-electron chi connectivity index (χ4n) is 3.28. The van der Waals surface area contributed by atoms with Crippen molar-refractivity contribution in [2.75, 3.05) is 0 Å². The molecule has 3 unspecified atom stereocenters. The van der Waals surface area contributed by atoms with Gasteiger partial charge in [0.1, 0.15) is 0 Å². The van der Waals surface area contributed by atoms with E-state index in [9.17, 15) is 14.7 Å². The lowest BCUT2D eigenvalue weighted by molar-refractivity contribution is -0.152. The molecule has 3 atom stereocenters. The Balaban J connectivity index is 2.28. The van der Waals surface area contributed by atoms with Crippen molar-refractivity contribution < 1.29 is 19.8 Å². The van der Waals surface area contributed by atoms with Crippen molar-refractivity contribution in [2.24, 2.45) is 17.3 Å². The molecule has 0 aromatic rings. The van der Waals surface area contributed by atoms with Gasteiger partial charge in [-0.15, -0.1) is 0 Å². The molecule has 0 spiro atoms. The summed E-state index contributed by atoms with van der Waals surface area (Å²) in [6.07, 6.45) is 3.37. The molecule has 0 aromatic heterocycles. The van der Waals surface area contributed by atoms with Gasteiger partial charge in [0.15, 0.2) is 0 Å². The lowest BCUT2D eigenvalue weighted by Gasteiger charge is -2.24. The third-order valence-electron chi connectivity index (χ3n) is 3.98. The van der Waals surface area contributed by atoms with E-state index in [1.54, 1.807) is 0 Å². The van der Waals surface area contributed by atoms with Crippen LogP contribution in [0.1, 0.15) is 32.1 Å². The first-order chi connectivity index (χ1) is 6.58.